The Balaban J connectivity index is 2.20. The number of nitrogens with one attached hydrogen (secondary N) is 1. The van der Waals surface area contributed by atoms with Crippen LogP contribution in [-0.2, 0) is 14.3 Å². The van der Waals surface area contributed by atoms with E-state index in [1.807, 2.05) is 39.8 Å². The fourth-order valence-electron chi connectivity index (χ4n) is 3.21. The number of methoxy groups -OCH3 is 1. The van der Waals surface area contributed by atoms with E-state index in [9.17, 15) is 9.59 Å². The Morgan fingerprint density at radius 1 is 1.34 bits per heavy atom. The van der Waals surface area contributed by atoms with Crippen LogP contribution in [0, 0.1) is 5.92 Å². The maximum atomic E-state index is 13.1. The zero-order valence-corrected chi connectivity index (χ0v) is 19.3. The number of thioether (sulfide) groups is 1. The number of ether oxygens (including phenoxy) is 2. The van der Waals surface area contributed by atoms with E-state index in [4.69, 9.17) is 21.7 Å². The molecular formula is C21H30N2O4S2. The van der Waals surface area contributed by atoms with E-state index in [1.54, 1.807) is 24.1 Å². The van der Waals surface area contributed by atoms with E-state index < -0.39 is 11.6 Å². The number of nitrogens with zero attached hydrogens (tertiary/aromatic N) is 1. The fourth-order valence-corrected chi connectivity index (χ4v) is 4.33. The number of carbonyl (C=O) groups excluding carboxylic acids is 2. The molecule has 1 aromatic carbocycles. The quantitative estimate of drug-likeness (QED) is 0.657. The Kier molecular flexibility index (Phi) is 8.34. The van der Waals surface area contributed by atoms with Crippen LogP contribution in [0.4, 0.5) is 0 Å². The molecule has 2 amide bonds. The summed E-state index contributed by atoms with van der Waals surface area (Å²) in [6, 6.07) is 6.61. The maximum absolute atomic E-state index is 13.1. The summed E-state index contributed by atoms with van der Waals surface area (Å²) in [5.41, 5.74) is 0.364. The van der Waals surface area contributed by atoms with E-state index in [0.29, 0.717) is 35.5 Å². The zero-order valence-electron chi connectivity index (χ0n) is 17.7. The predicted molar refractivity (Wildman–Crippen MR) is 120 cm³/mol. The summed E-state index contributed by atoms with van der Waals surface area (Å²) in [5.74, 6) is 1.30. The van der Waals surface area contributed by atoms with Crippen LogP contribution < -0.4 is 10.1 Å². The number of benzene rings is 1. The van der Waals surface area contributed by atoms with E-state index in [1.165, 1.54) is 11.8 Å². The second kappa shape index (κ2) is 10.3. The van der Waals surface area contributed by atoms with Crippen molar-refractivity contribution in [3.63, 3.8) is 0 Å². The first-order valence-electron chi connectivity index (χ1n) is 9.69. The second-order valence-electron chi connectivity index (χ2n) is 8.03. The highest BCUT2D eigenvalue weighted by molar-refractivity contribution is 8.22. The standard InChI is InChI=1S/C21H30N2O4S2/c1-6-27-20(28)29-13-14-11-17(24)23(12-14)18(19(25)22-21(2,3)4)15-7-9-16(26-5)10-8-15/h7-10,14,18H,6,11-13H2,1-5H3,(H,22,25). The molecule has 1 aromatic rings. The van der Waals surface area contributed by atoms with Crippen LogP contribution >= 0.6 is 24.0 Å². The van der Waals surface area contributed by atoms with Gasteiger partial charge in [-0.15, -0.1) is 0 Å². The van der Waals surface area contributed by atoms with Gasteiger partial charge in [-0.2, -0.15) is 0 Å². The molecule has 1 fully saturated rings. The number of amides is 2. The van der Waals surface area contributed by atoms with E-state index in [0.717, 1.165) is 5.56 Å². The van der Waals surface area contributed by atoms with Crippen LogP contribution in [0.3, 0.4) is 0 Å². The van der Waals surface area contributed by atoms with E-state index in [-0.39, 0.29) is 17.7 Å². The highest BCUT2D eigenvalue weighted by atomic mass is 32.2. The third-order valence-electron chi connectivity index (χ3n) is 4.43. The van der Waals surface area contributed by atoms with Crippen molar-refractivity contribution in [1.29, 1.82) is 0 Å². The summed E-state index contributed by atoms with van der Waals surface area (Å²) < 4.78 is 11.0. The summed E-state index contributed by atoms with van der Waals surface area (Å²) in [5, 5.41) is 3.02. The molecule has 2 atom stereocenters. The summed E-state index contributed by atoms with van der Waals surface area (Å²) in [4.78, 5) is 27.6. The Labute approximate surface area is 182 Å². The summed E-state index contributed by atoms with van der Waals surface area (Å²) >= 11 is 6.61. The largest absolute Gasteiger partial charge is 0.497 e. The van der Waals surface area contributed by atoms with Crippen molar-refractivity contribution >= 4 is 40.2 Å². The molecule has 1 aliphatic rings. The summed E-state index contributed by atoms with van der Waals surface area (Å²) in [6.07, 6.45) is 0.400. The number of hydrogen-bond acceptors (Lipinski definition) is 6. The van der Waals surface area contributed by atoms with Crippen molar-refractivity contribution < 1.29 is 19.1 Å². The number of likely N-dealkylation sites (tertiary alicyclic amines) is 1. The zero-order chi connectivity index (χ0) is 21.6. The second-order valence-corrected chi connectivity index (χ2v) is 9.65. The Morgan fingerprint density at radius 2 is 2.00 bits per heavy atom. The topological polar surface area (TPSA) is 67.9 Å². The lowest BCUT2D eigenvalue weighted by Gasteiger charge is -2.31. The van der Waals surface area contributed by atoms with Gasteiger partial charge < -0.3 is 19.7 Å². The SMILES string of the molecule is CCOC(=S)SCC1CC(=O)N(C(C(=O)NC(C)(C)C)c2ccc(OC)cc2)C1. The summed E-state index contributed by atoms with van der Waals surface area (Å²) in [7, 11) is 1.59. The average molecular weight is 439 g/mol. The minimum Gasteiger partial charge on any atom is -0.497 e. The Bertz CT molecular complexity index is 731. The molecule has 0 aromatic heterocycles. The first-order valence-corrected chi connectivity index (χ1v) is 11.1. The number of thiocarbonyl (C=S) groups is 1. The molecule has 2 unspecified atom stereocenters. The number of rotatable bonds is 7. The molecule has 160 valence electrons. The summed E-state index contributed by atoms with van der Waals surface area (Å²) in [6.45, 7) is 8.71. The molecule has 1 N–H and O–H groups in total. The minimum absolute atomic E-state index is 0.0252. The van der Waals surface area contributed by atoms with Crippen molar-refractivity contribution in [1.82, 2.24) is 10.2 Å². The lowest BCUT2D eigenvalue weighted by atomic mass is 10.0. The highest BCUT2D eigenvalue weighted by Gasteiger charge is 2.39. The molecule has 1 heterocycles. The van der Waals surface area contributed by atoms with Crippen LogP contribution in [0.15, 0.2) is 24.3 Å². The van der Waals surface area contributed by atoms with Crippen molar-refractivity contribution in [2.75, 3.05) is 26.0 Å². The van der Waals surface area contributed by atoms with Gasteiger partial charge in [-0.3, -0.25) is 9.59 Å². The van der Waals surface area contributed by atoms with Crippen molar-refractivity contribution in [2.24, 2.45) is 5.92 Å². The van der Waals surface area contributed by atoms with Crippen molar-refractivity contribution in [3.05, 3.63) is 29.8 Å². The molecule has 29 heavy (non-hydrogen) atoms. The molecule has 0 saturated carbocycles. The van der Waals surface area contributed by atoms with Gasteiger partial charge in [-0.25, -0.2) is 0 Å². The van der Waals surface area contributed by atoms with Crippen molar-refractivity contribution in [3.8, 4) is 5.75 Å². The highest BCUT2D eigenvalue weighted by Crippen LogP contribution is 2.32. The molecule has 6 nitrogen and oxygen atoms in total. The van der Waals surface area contributed by atoms with Gasteiger partial charge in [0.2, 0.25) is 16.2 Å². The smallest absolute Gasteiger partial charge is 0.247 e. The van der Waals surface area contributed by atoms with Crippen LogP contribution in [0.25, 0.3) is 0 Å². The van der Waals surface area contributed by atoms with Gasteiger partial charge in [0.05, 0.1) is 13.7 Å². The molecule has 0 spiro atoms. The van der Waals surface area contributed by atoms with Crippen LogP contribution in [0.1, 0.15) is 45.7 Å². The van der Waals surface area contributed by atoms with Gasteiger partial charge in [-0.1, -0.05) is 23.9 Å². The number of hydrogen-bond donors (Lipinski definition) is 1. The monoisotopic (exact) mass is 438 g/mol. The van der Waals surface area contributed by atoms with Crippen LogP contribution in [-0.4, -0.2) is 52.7 Å². The van der Waals surface area contributed by atoms with E-state index >= 15 is 0 Å². The average Bonchev–Trinajstić information content (AvgIpc) is 3.00. The molecule has 1 saturated heterocycles. The molecule has 1 aliphatic heterocycles. The first kappa shape index (κ1) is 23.5. The van der Waals surface area contributed by atoms with Gasteiger partial charge >= 0.3 is 0 Å². The van der Waals surface area contributed by atoms with Gasteiger partial charge in [0.1, 0.15) is 11.8 Å². The third kappa shape index (κ3) is 6.89. The van der Waals surface area contributed by atoms with Gasteiger partial charge in [0.15, 0.2) is 0 Å². The van der Waals surface area contributed by atoms with Crippen molar-refractivity contribution in [2.45, 2.75) is 45.7 Å². The molecular weight excluding hydrogens is 408 g/mol. The maximum Gasteiger partial charge on any atom is 0.247 e. The predicted octanol–water partition coefficient (Wildman–Crippen LogP) is 3.55. The van der Waals surface area contributed by atoms with Crippen LogP contribution in [0.2, 0.25) is 0 Å². The first-order chi connectivity index (χ1) is 13.6. The van der Waals surface area contributed by atoms with Crippen LogP contribution in [0.5, 0.6) is 5.75 Å². The van der Waals surface area contributed by atoms with Gasteiger partial charge in [0, 0.05) is 24.3 Å². The lowest BCUT2D eigenvalue weighted by molar-refractivity contribution is -0.138. The molecule has 2 rings (SSSR count). The normalized spacial score (nSPS) is 17.8. The van der Waals surface area contributed by atoms with Gasteiger partial charge in [0.25, 0.3) is 0 Å². The molecule has 8 heteroatoms. The molecule has 0 bridgehead atoms. The van der Waals surface area contributed by atoms with Gasteiger partial charge in [-0.05, 0) is 63.5 Å². The molecule has 0 radical (unpaired) electrons. The third-order valence-corrected chi connectivity index (χ3v) is 5.89. The number of carbonyl (C=O) groups is 2. The fraction of sp³-hybridized carbons (Fsp3) is 0.571. The Morgan fingerprint density at radius 3 is 2.55 bits per heavy atom. The van der Waals surface area contributed by atoms with E-state index in [2.05, 4.69) is 5.32 Å². The lowest BCUT2D eigenvalue weighted by Crippen LogP contribution is -2.48. The minimum atomic E-state index is -0.679. The molecule has 0 aliphatic carbocycles. The Hall–Kier alpha value is -1.80.